The standard InChI is InChI=1S/C30H36BrN3O4S/c1-20(2)32-30(36)24(6)33(18-25-10-8-11-26(31)17-25)29(35)19-34(28-12-7-9-22(4)23(28)5)39(37,38)27-15-13-21(3)14-16-27/h7-17,20,24H,18-19H2,1-6H3,(H,32,36)/t24-/m0/s1. The number of halogens is 1. The quantitative estimate of drug-likeness (QED) is 0.326. The first-order valence-corrected chi connectivity index (χ1v) is 15.0. The Kier molecular flexibility index (Phi) is 9.96. The summed E-state index contributed by atoms with van der Waals surface area (Å²) in [5, 5.41) is 2.86. The highest BCUT2D eigenvalue weighted by Gasteiger charge is 2.33. The molecule has 0 unspecified atom stereocenters. The summed E-state index contributed by atoms with van der Waals surface area (Å²) >= 11 is 3.46. The minimum absolute atomic E-state index is 0.0888. The van der Waals surface area contributed by atoms with Crippen molar-refractivity contribution in [3.05, 3.63) is 93.5 Å². The number of hydrogen-bond donors (Lipinski definition) is 1. The van der Waals surface area contributed by atoms with Gasteiger partial charge in [0.25, 0.3) is 10.0 Å². The number of hydrogen-bond acceptors (Lipinski definition) is 4. The molecule has 3 aromatic carbocycles. The van der Waals surface area contributed by atoms with Crippen LogP contribution in [0.25, 0.3) is 0 Å². The highest BCUT2D eigenvalue weighted by molar-refractivity contribution is 9.10. The number of benzene rings is 3. The van der Waals surface area contributed by atoms with Crippen LogP contribution in [-0.2, 0) is 26.2 Å². The molecule has 0 bridgehead atoms. The van der Waals surface area contributed by atoms with Gasteiger partial charge in [0.15, 0.2) is 0 Å². The number of rotatable bonds is 10. The van der Waals surface area contributed by atoms with Crippen molar-refractivity contribution in [1.29, 1.82) is 0 Å². The van der Waals surface area contributed by atoms with Crippen LogP contribution in [0.5, 0.6) is 0 Å². The fourth-order valence-corrected chi connectivity index (χ4v) is 6.09. The molecule has 1 atom stereocenters. The number of nitrogens with zero attached hydrogens (tertiary/aromatic N) is 2. The molecule has 0 radical (unpaired) electrons. The van der Waals surface area contributed by atoms with E-state index in [-0.39, 0.29) is 23.4 Å². The molecular formula is C30H36BrN3O4S. The van der Waals surface area contributed by atoms with Crippen LogP contribution >= 0.6 is 15.9 Å². The molecule has 0 fully saturated rings. The van der Waals surface area contributed by atoms with Gasteiger partial charge in [0.2, 0.25) is 11.8 Å². The number of anilines is 1. The van der Waals surface area contributed by atoms with Gasteiger partial charge in [-0.3, -0.25) is 13.9 Å². The Bertz CT molecular complexity index is 1440. The Balaban J connectivity index is 2.08. The third-order valence-corrected chi connectivity index (χ3v) is 8.84. The Morgan fingerprint density at radius 2 is 1.56 bits per heavy atom. The Morgan fingerprint density at radius 1 is 0.923 bits per heavy atom. The van der Waals surface area contributed by atoms with Crippen LogP contribution in [-0.4, -0.2) is 43.8 Å². The Hall–Kier alpha value is -3.17. The summed E-state index contributed by atoms with van der Waals surface area (Å²) in [6.45, 7) is 10.6. The zero-order chi connectivity index (χ0) is 28.9. The summed E-state index contributed by atoms with van der Waals surface area (Å²) in [5.74, 6) is -0.800. The lowest BCUT2D eigenvalue weighted by Gasteiger charge is -2.33. The lowest BCUT2D eigenvalue weighted by molar-refractivity contribution is -0.139. The van der Waals surface area contributed by atoms with Crippen LogP contribution in [0.2, 0.25) is 0 Å². The van der Waals surface area contributed by atoms with Gasteiger partial charge < -0.3 is 10.2 Å². The van der Waals surface area contributed by atoms with E-state index in [9.17, 15) is 18.0 Å². The van der Waals surface area contributed by atoms with Gasteiger partial charge in [-0.25, -0.2) is 8.42 Å². The molecule has 0 saturated heterocycles. The number of amides is 2. The van der Waals surface area contributed by atoms with Gasteiger partial charge in [-0.05, 0) is 88.6 Å². The molecule has 0 aliphatic carbocycles. The smallest absolute Gasteiger partial charge is 0.264 e. The number of nitrogens with one attached hydrogen (secondary N) is 1. The molecule has 0 aromatic heterocycles. The summed E-state index contributed by atoms with van der Waals surface area (Å²) in [6, 6.07) is 18.5. The van der Waals surface area contributed by atoms with Crippen LogP contribution in [0, 0.1) is 20.8 Å². The van der Waals surface area contributed by atoms with Crippen molar-refractivity contribution in [1.82, 2.24) is 10.2 Å². The topological polar surface area (TPSA) is 86.8 Å². The number of aryl methyl sites for hydroxylation is 2. The summed E-state index contributed by atoms with van der Waals surface area (Å²) in [4.78, 5) is 28.5. The highest BCUT2D eigenvalue weighted by Crippen LogP contribution is 2.29. The lowest BCUT2D eigenvalue weighted by atomic mass is 10.1. The van der Waals surface area contributed by atoms with Crippen molar-refractivity contribution in [2.45, 2.75) is 65.1 Å². The van der Waals surface area contributed by atoms with Crippen LogP contribution in [0.15, 0.2) is 76.1 Å². The largest absolute Gasteiger partial charge is 0.352 e. The molecule has 208 valence electrons. The van der Waals surface area contributed by atoms with Crippen molar-refractivity contribution < 1.29 is 18.0 Å². The first-order chi connectivity index (χ1) is 18.3. The minimum atomic E-state index is -4.11. The molecule has 0 saturated carbocycles. The second kappa shape index (κ2) is 12.8. The zero-order valence-electron chi connectivity index (χ0n) is 23.2. The fraction of sp³-hybridized carbons (Fsp3) is 0.333. The second-order valence-electron chi connectivity index (χ2n) is 10.0. The third-order valence-electron chi connectivity index (χ3n) is 6.57. The first kappa shape index (κ1) is 30.4. The number of carbonyl (C=O) groups is 2. The van der Waals surface area contributed by atoms with Gasteiger partial charge in [-0.2, -0.15) is 0 Å². The molecule has 7 nitrogen and oxygen atoms in total. The average Bonchev–Trinajstić information content (AvgIpc) is 2.87. The maximum absolute atomic E-state index is 14.0. The van der Waals surface area contributed by atoms with E-state index in [2.05, 4.69) is 21.2 Å². The van der Waals surface area contributed by atoms with E-state index in [0.717, 1.165) is 31.0 Å². The van der Waals surface area contributed by atoms with E-state index >= 15 is 0 Å². The Labute approximate surface area is 240 Å². The molecule has 39 heavy (non-hydrogen) atoms. The van der Waals surface area contributed by atoms with Gasteiger partial charge in [0, 0.05) is 17.1 Å². The molecule has 3 rings (SSSR count). The molecule has 0 spiro atoms. The first-order valence-electron chi connectivity index (χ1n) is 12.8. The molecule has 3 aromatic rings. The predicted octanol–water partition coefficient (Wildman–Crippen LogP) is 5.51. The normalized spacial score (nSPS) is 12.2. The summed E-state index contributed by atoms with van der Waals surface area (Å²) < 4.78 is 30.0. The lowest BCUT2D eigenvalue weighted by Crippen LogP contribution is -2.52. The van der Waals surface area contributed by atoms with Crippen LogP contribution < -0.4 is 9.62 Å². The average molecular weight is 615 g/mol. The molecule has 9 heteroatoms. The van der Waals surface area contributed by atoms with Gasteiger partial charge in [0.1, 0.15) is 12.6 Å². The van der Waals surface area contributed by atoms with Gasteiger partial charge in [0.05, 0.1) is 10.6 Å². The van der Waals surface area contributed by atoms with E-state index in [1.165, 1.54) is 4.90 Å². The molecule has 1 N–H and O–H groups in total. The fourth-order valence-electron chi connectivity index (χ4n) is 4.18. The second-order valence-corrected chi connectivity index (χ2v) is 12.8. The SMILES string of the molecule is Cc1ccc(S(=O)(=O)N(CC(=O)N(Cc2cccc(Br)c2)[C@@H](C)C(=O)NC(C)C)c2cccc(C)c2C)cc1. The van der Waals surface area contributed by atoms with E-state index in [1.807, 2.05) is 65.0 Å². The van der Waals surface area contributed by atoms with Crippen molar-refractivity contribution in [3.63, 3.8) is 0 Å². The van der Waals surface area contributed by atoms with E-state index in [1.54, 1.807) is 43.3 Å². The summed E-state index contributed by atoms with van der Waals surface area (Å²) in [6.07, 6.45) is 0. The van der Waals surface area contributed by atoms with Gasteiger partial charge in [-0.1, -0.05) is 57.9 Å². The van der Waals surface area contributed by atoms with Crippen molar-refractivity contribution in [3.8, 4) is 0 Å². The van der Waals surface area contributed by atoms with Crippen molar-refractivity contribution in [2.24, 2.45) is 0 Å². The highest BCUT2D eigenvalue weighted by atomic mass is 79.9. The monoisotopic (exact) mass is 613 g/mol. The molecule has 0 aliphatic heterocycles. The summed E-state index contributed by atoms with van der Waals surface area (Å²) in [5.41, 5.74) is 3.81. The molecule has 2 amide bonds. The molecule has 0 aliphatic rings. The maximum atomic E-state index is 14.0. The third kappa shape index (κ3) is 7.48. The van der Waals surface area contributed by atoms with Gasteiger partial charge >= 0.3 is 0 Å². The van der Waals surface area contributed by atoms with E-state index in [0.29, 0.717) is 5.69 Å². The molecular weight excluding hydrogens is 578 g/mol. The van der Waals surface area contributed by atoms with Crippen LogP contribution in [0.1, 0.15) is 43.0 Å². The maximum Gasteiger partial charge on any atom is 0.264 e. The molecule has 0 heterocycles. The van der Waals surface area contributed by atoms with Gasteiger partial charge in [-0.15, -0.1) is 0 Å². The Morgan fingerprint density at radius 3 is 2.18 bits per heavy atom. The van der Waals surface area contributed by atoms with Crippen molar-refractivity contribution >= 4 is 43.5 Å². The summed E-state index contributed by atoms with van der Waals surface area (Å²) in [7, 11) is -4.11. The van der Waals surface area contributed by atoms with Crippen LogP contribution in [0.4, 0.5) is 5.69 Å². The van der Waals surface area contributed by atoms with E-state index < -0.39 is 28.5 Å². The van der Waals surface area contributed by atoms with Crippen molar-refractivity contribution in [2.75, 3.05) is 10.8 Å². The van der Waals surface area contributed by atoms with Crippen LogP contribution in [0.3, 0.4) is 0 Å². The number of carbonyl (C=O) groups excluding carboxylic acids is 2. The predicted molar refractivity (Wildman–Crippen MR) is 159 cm³/mol. The number of sulfonamides is 1. The zero-order valence-corrected chi connectivity index (χ0v) is 25.6. The van der Waals surface area contributed by atoms with E-state index in [4.69, 9.17) is 0 Å². The minimum Gasteiger partial charge on any atom is -0.352 e.